The second-order valence-electron chi connectivity index (χ2n) is 2.23. The summed E-state index contributed by atoms with van der Waals surface area (Å²) in [5.74, 6) is 0. The lowest BCUT2D eigenvalue weighted by atomic mass is 10.2. The second-order valence-corrected chi connectivity index (χ2v) is 3.53. The van der Waals surface area contributed by atoms with Crippen molar-refractivity contribution in [2.75, 3.05) is 0 Å². The molecule has 1 aromatic carbocycles. The Bertz CT molecular complexity index is 370. The molecule has 0 amide bonds. The van der Waals surface area contributed by atoms with Crippen LogP contribution < -0.4 is 0 Å². The third-order valence-corrected chi connectivity index (χ3v) is 1.71. The SMILES string of the molecule is Br.O=S(=O)(O)C=Cc1ccccc1. The smallest absolute Gasteiger partial charge is 0.282 e. The van der Waals surface area contributed by atoms with Crippen LogP contribution in [0.2, 0.25) is 0 Å². The fourth-order valence-electron chi connectivity index (χ4n) is 0.729. The first-order valence-corrected chi connectivity index (χ1v) is 4.79. The summed E-state index contributed by atoms with van der Waals surface area (Å²) in [6, 6.07) is 8.86. The van der Waals surface area contributed by atoms with Gasteiger partial charge in [-0.05, 0) is 11.6 Å². The van der Waals surface area contributed by atoms with Gasteiger partial charge in [-0.1, -0.05) is 30.3 Å². The Morgan fingerprint density at radius 3 is 2.15 bits per heavy atom. The average molecular weight is 265 g/mol. The molecule has 1 aromatic rings. The van der Waals surface area contributed by atoms with Crippen molar-refractivity contribution >= 4 is 33.2 Å². The molecule has 1 N–H and O–H groups in total. The van der Waals surface area contributed by atoms with Crippen LogP contribution in [0.1, 0.15) is 5.56 Å². The van der Waals surface area contributed by atoms with E-state index in [-0.39, 0.29) is 17.0 Å². The number of hydrogen-bond donors (Lipinski definition) is 1. The van der Waals surface area contributed by atoms with Crippen molar-refractivity contribution in [3.05, 3.63) is 41.3 Å². The number of halogens is 1. The Labute approximate surface area is 87.6 Å². The van der Waals surface area contributed by atoms with Crippen LogP contribution in [0, 0.1) is 0 Å². The highest BCUT2D eigenvalue weighted by molar-refractivity contribution is 8.93. The molecule has 72 valence electrons. The predicted octanol–water partition coefficient (Wildman–Crippen LogP) is 2.12. The van der Waals surface area contributed by atoms with E-state index >= 15 is 0 Å². The molecule has 0 aliphatic heterocycles. The van der Waals surface area contributed by atoms with E-state index < -0.39 is 10.1 Å². The molecule has 0 spiro atoms. The van der Waals surface area contributed by atoms with E-state index in [2.05, 4.69) is 0 Å². The van der Waals surface area contributed by atoms with Crippen LogP contribution in [0.25, 0.3) is 6.08 Å². The first-order chi connectivity index (χ1) is 5.58. The molecule has 0 saturated carbocycles. The maximum absolute atomic E-state index is 10.3. The zero-order valence-electron chi connectivity index (χ0n) is 6.62. The van der Waals surface area contributed by atoms with Gasteiger partial charge in [0.1, 0.15) is 0 Å². The van der Waals surface area contributed by atoms with Crippen molar-refractivity contribution in [2.45, 2.75) is 0 Å². The van der Waals surface area contributed by atoms with Crippen molar-refractivity contribution in [3.8, 4) is 0 Å². The first-order valence-electron chi connectivity index (χ1n) is 3.28. The van der Waals surface area contributed by atoms with Crippen LogP contribution in [-0.4, -0.2) is 13.0 Å². The summed E-state index contributed by atoms with van der Waals surface area (Å²) in [7, 11) is -4.00. The molecule has 0 heterocycles. The summed E-state index contributed by atoms with van der Waals surface area (Å²) in [6.45, 7) is 0. The summed E-state index contributed by atoms with van der Waals surface area (Å²) >= 11 is 0. The van der Waals surface area contributed by atoms with Crippen LogP contribution >= 0.6 is 17.0 Å². The highest BCUT2D eigenvalue weighted by atomic mass is 79.9. The van der Waals surface area contributed by atoms with Gasteiger partial charge in [0.25, 0.3) is 10.1 Å². The fraction of sp³-hybridized carbons (Fsp3) is 0. The van der Waals surface area contributed by atoms with Crippen LogP contribution in [0.3, 0.4) is 0 Å². The van der Waals surface area contributed by atoms with E-state index in [1.165, 1.54) is 6.08 Å². The van der Waals surface area contributed by atoms with Gasteiger partial charge in [0.05, 0.1) is 5.41 Å². The monoisotopic (exact) mass is 264 g/mol. The minimum absolute atomic E-state index is 0. The summed E-state index contributed by atoms with van der Waals surface area (Å²) in [4.78, 5) is 0. The summed E-state index contributed by atoms with van der Waals surface area (Å²) in [5, 5.41) is 0.752. The maximum atomic E-state index is 10.3. The normalized spacial score (nSPS) is 11.2. The Morgan fingerprint density at radius 1 is 1.15 bits per heavy atom. The highest BCUT2D eigenvalue weighted by Gasteiger charge is 1.94. The molecule has 5 heteroatoms. The Hall–Kier alpha value is -0.650. The Balaban J connectivity index is 0.00000144. The van der Waals surface area contributed by atoms with Gasteiger partial charge in [-0.25, -0.2) is 0 Å². The van der Waals surface area contributed by atoms with E-state index in [1.807, 2.05) is 6.07 Å². The third-order valence-electron chi connectivity index (χ3n) is 1.23. The molecule has 0 fully saturated rings. The maximum Gasteiger partial charge on any atom is 0.287 e. The van der Waals surface area contributed by atoms with Gasteiger partial charge >= 0.3 is 0 Å². The topological polar surface area (TPSA) is 54.4 Å². The molecule has 3 nitrogen and oxygen atoms in total. The van der Waals surface area contributed by atoms with E-state index in [0.717, 1.165) is 11.0 Å². The highest BCUT2D eigenvalue weighted by Crippen LogP contribution is 2.01. The molecular weight excluding hydrogens is 256 g/mol. The Kier molecular flexibility index (Phi) is 4.90. The quantitative estimate of drug-likeness (QED) is 0.833. The zero-order valence-corrected chi connectivity index (χ0v) is 9.15. The predicted molar refractivity (Wildman–Crippen MR) is 57.3 cm³/mol. The molecule has 0 radical (unpaired) electrons. The zero-order chi connectivity index (χ0) is 9.03. The molecule has 0 aromatic heterocycles. The van der Waals surface area contributed by atoms with Gasteiger partial charge in [0.2, 0.25) is 0 Å². The molecular formula is C8H9BrO3S. The van der Waals surface area contributed by atoms with Crippen molar-refractivity contribution in [1.82, 2.24) is 0 Å². The summed E-state index contributed by atoms with van der Waals surface area (Å²) in [5.41, 5.74) is 0.732. The van der Waals surface area contributed by atoms with Crippen molar-refractivity contribution in [2.24, 2.45) is 0 Å². The largest absolute Gasteiger partial charge is 0.287 e. The average Bonchev–Trinajstić information content (AvgIpc) is 2.02. The van der Waals surface area contributed by atoms with E-state index in [1.54, 1.807) is 24.3 Å². The van der Waals surface area contributed by atoms with Crippen LogP contribution in [-0.2, 0) is 10.1 Å². The molecule has 0 bridgehead atoms. The van der Waals surface area contributed by atoms with E-state index in [0.29, 0.717) is 0 Å². The standard InChI is InChI=1S/C8H8O3S.BrH/c9-12(10,11)7-6-8-4-2-1-3-5-8;/h1-7H,(H,9,10,11);1H. The van der Waals surface area contributed by atoms with Crippen molar-refractivity contribution < 1.29 is 13.0 Å². The minimum atomic E-state index is -4.00. The van der Waals surface area contributed by atoms with Gasteiger partial charge in [0.15, 0.2) is 0 Å². The van der Waals surface area contributed by atoms with Crippen molar-refractivity contribution in [3.63, 3.8) is 0 Å². The second kappa shape index (κ2) is 5.16. The molecule has 0 aliphatic carbocycles. The van der Waals surface area contributed by atoms with Crippen LogP contribution in [0.15, 0.2) is 35.7 Å². The van der Waals surface area contributed by atoms with Crippen molar-refractivity contribution in [1.29, 1.82) is 0 Å². The van der Waals surface area contributed by atoms with Crippen LogP contribution in [0.4, 0.5) is 0 Å². The van der Waals surface area contributed by atoms with Gasteiger partial charge in [-0.3, -0.25) is 4.55 Å². The minimum Gasteiger partial charge on any atom is -0.282 e. The summed E-state index contributed by atoms with van der Waals surface area (Å²) in [6.07, 6.45) is 1.33. The number of rotatable bonds is 2. The lowest BCUT2D eigenvalue weighted by Crippen LogP contribution is -1.88. The Morgan fingerprint density at radius 2 is 1.69 bits per heavy atom. The van der Waals surface area contributed by atoms with Gasteiger partial charge in [-0.15, -0.1) is 17.0 Å². The fourth-order valence-corrected chi connectivity index (χ4v) is 1.06. The number of benzene rings is 1. The summed E-state index contributed by atoms with van der Waals surface area (Å²) < 4.78 is 28.9. The molecule has 0 atom stereocenters. The first kappa shape index (κ1) is 12.3. The van der Waals surface area contributed by atoms with E-state index in [4.69, 9.17) is 4.55 Å². The molecule has 13 heavy (non-hydrogen) atoms. The molecule has 0 aliphatic rings. The van der Waals surface area contributed by atoms with E-state index in [9.17, 15) is 8.42 Å². The lowest BCUT2D eigenvalue weighted by molar-refractivity contribution is 0.494. The molecule has 1 rings (SSSR count). The molecule has 0 saturated heterocycles. The van der Waals surface area contributed by atoms with Gasteiger partial charge in [-0.2, -0.15) is 8.42 Å². The lowest BCUT2D eigenvalue weighted by Gasteiger charge is -1.89. The van der Waals surface area contributed by atoms with Gasteiger partial charge < -0.3 is 0 Å². The third kappa shape index (κ3) is 5.57. The van der Waals surface area contributed by atoms with Crippen LogP contribution in [0.5, 0.6) is 0 Å². The molecule has 0 unspecified atom stereocenters. The number of hydrogen-bond acceptors (Lipinski definition) is 2. The van der Waals surface area contributed by atoms with Gasteiger partial charge in [0, 0.05) is 0 Å².